The van der Waals surface area contributed by atoms with E-state index in [2.05, 4.69) is 22.3 Å². The number of fused-ring (bicyclic) bond motifs is 2. The summed E-state index contributed by atoms with van der Waals surface area (Å²) in [5.74, 6) is 3.88. The molecule has 0 amide bonds. The van der Waals surface area contributed by atoms with Gasteiger partial charge in [-0.2, -0.15) is 4.98 Å². The molecule has 0 spiro atoms. The fourth-order valence-corrected chi connectivity index (χ4v) is 6.89. The minimum atomic E-state index is -1.06. The Hall–Kier alpha value is -1.70. The highest BCUT2D eigenvalue weighted by molar-refractivity contribution is 7.85. The molecule has 158 valence electrons. The predicted molar refractivity (Wildman–Crippen MR) is 118 cm³/mol. The number of rotatable bonds is 5. The van der Waals surface area contributed by atoms with E-state index in [0.717, 1.165) is 60.3 Å². The molecule has 6 rings (SSSR count). The van der Waals surface area contributed by atoms with E-state index in [4.69, 9.17) is 21.6 Å². The fraction of sp³-hybridized carbons (Fsp3) is 0.545. The summed E-state index contributed by atoms with van der Waals surface area (Å²) in [6, 6.07) is 8.24. The smallest absolute Gasteiger partial charge is 0.227 e. The highest BCUT2D eigenvalue weighted by Crippen LogP contribution is 2.58. The van der Waals surface area contributed by atoms with Gasteiger partial charge in [-0.25, -0.2) is 4.98 Å². The van der Waals surface area contributed by atoms with Gasteiger partial charge in [0.05, 0.1) is 28.6 Å². The van der Waals surface area contributed by atoms with E-state index in [0.29, 0.717) is 29.3 Å². The zero-order chi connectivity index (χ0) is 20.5. The number of aliphatic hydroxyl groups is 1. The maximum atomic E-state index is 12.6. The lowest BCUT2D eigenvalue weighted by Gasteiger charge is -2.41. The van der Waals surface area contributed by atoms with Gasteiger partial charge in [-0.3, -0.25) is 4.21 Å². The van der Waals surface area contributed by atoms with Crippen molar-refractivity contribution in [1.82, 2.24) is 9.97 Å². The number of benzene rings is 1. The summed E-state index contributed by atoms with van der Waals surface area (Å²) in [6.07, 6.45) is 3.66. The Morgan fingerprint density at radius 3 is 2.57 bits per heavy atom. The van der Waals surface area contributed by atoms with E-state index in [1.54, 1.807) is 0 Å². The first-order valence-corrected chi connectivity index (χ1v) is 12.5. The molecule has 0 bridgehead atoms. The molecule has 3 atom stereocenters. The summed E-state index contributed by atoms with van der Waals surface area (Å²) in [7, 11) is -1.06. The number of piperidine rings is 1. The highest BCUT2D eigenvalue weighted by atomic mass is 35.5. The number of aryl methyl sites for hydroxylation is 1. The highest BCUT2D eigenvalue weighted by Gasteiger charge is 2.56. The van der Waals surface area contributed by atoms with E-state index < -0.39 is 10.8 Å². The molecule has 8 heteroatoms. The minimum absolute atomic E-state index is 0.0738. The van der Waals surface area contributed by atoms with Crippen LogP contribution in [-0.4, -0.2) is 50.3 Å². The number of anilines is 2. The van der Waals surface area contributed by atoms with E-state index in [-0.39, 0.29) is 12.1 Å². The molecule has 2 unspecified atom stereocenters. The number of nitrogens with zero attached hydrogens (tertiary/aromatic N) is 3. The average molecular weight is 445 g/mol. The molecule has 3 fully saturated rings. The largest absolute Gasteiger partial charge is 0.394 e. The van der Waals surface area contributed by atoms with E-state index in [1.807, 2.05) is 12.1 Å². The number of hydrogen-bond donors (Lipinski definition) is 2. The van der Waals surface area contributed by atoms with Crippen LogP contribution in [0.4, 0.5) is 11.8 Å². The summed E-state index contributed by atoms with van der Waals surface area (Å²) in [5, 5.41) is 14.1. The fourth-order valence-electron chi connectivity index (χ4n) is 5.46. The van der Waals surface area contributed by atoms with Crippen LogP contribution in [0.3, 0.4) is 0 Å². The summed E-state index contributed by atoms with van der Waals surface area (Å²) in [5.41, 5.74) is 1.96. The van der Waals surface area contributed by atoms with Gasteiger partial charge in [0, 0.05) is 30.3 Å². The molecule has 1 aromatic carbocycles. The van der Waals surface area contributed by atoms with Crippen LogP contribution in [-0.2, 0) is 17.2 Å². The summed E-state index contributed by atoms with van der Waals surface area (Å²) < 4.78 is 12.6. The number of aliphatic hydroxyl groups excluding tert-OH is 1. The van der Waals surface area contributed by atoms with E-state index in [9.17, 15) is 9.32 Å². The van der Waals surface area contributed by atoms with Crippen molar-refractivity contribution in [2.24, 2.45) is 11.8 Å². The Morgan fingerprint density at radius 1 is 1.20 bits per heavy atom. The Labute approximate surface area is 183 Å². The number of nitrogens with one attached hydrogen (secondary N) is 1. The lowest BCUT2D eigenvalue weighted by atomic mass is 9.77. The Morgan fingerprint density at radius 2 is 1.93 bits per heavy atom. The quantitative estimate of drug-likeness (QED) is 0.738. The van der Waals surface area contributed by atoms with Crippen molar-refractivity contribution < 1.29 is 9.32 Å². The van der Waals surface area contributed by atoms with Crippen LogP contribution in [0.5, 0.6) is 0 Å². The first kappa shape index (κ1) is 19.0. The van der Waals surface area contributed by atoms with Gasteiger partial charge in [0.1, 0.15) is 10.7 Å². The van der Waals surface area contributed by atoms with Gasteiger partial charge in [-0.1, -0.05) is 23.7 Å². The van der Waals surface area contributed by atoms with Crippen molar-refractivity contribution in [3.8, 4) is 0 Å². The van der Waals surface area contributed by atoms with Crippen molar-refractivity contribution in [3.63, 3.8) is 0 Å². The van der Waals surface area contributed by atoms with Crippen molar-refractivity contribution in [1.29, 1.82) is 0 Å². The predicted octanol–water partition coefficient (Wildman–Crippen LogP) is 2.97. The second-order valence-corrected chi connectivity index (χ2v) is 11.1. The molecule has 30 heavy (non-hydrogen) atoms. The maximum absolute atomic E-state index is 12.6. The van der Waals surface area contributed by atoms with Gasteiger partial charge in [-0.15, -0.1) is 0 Å². The minimum Gasteiger partial charge on any atom is -0.394 e. The molecule has 4 aliphatic rings. The van der Waals surface area contributed by atoms with E-state index in [1.165, 1.54) is 5.56 Å². The SMILES string of the molecule is O=[S@]1CCc2nc(N3CC4C(C3)C4c3ccc(Cl)cc3)nc(NC3(CO)CCC3)c21. The van der Waals surface area contributed by atoms with Crippen LogP contribution in [0, 0.1) is 11.8 Å². The van der Waals surface area contributed by atoms with Crippen LogP contribution in [0.1, 0.15) is 36.4 Å². The van der Waals surface area contributed by atoms with Gasteiger partial charge in [0.25, 0.3) is 0 Å². The Bertz CT molecular complexity index is 1010. The monoisotopic (exact) mass is 444 g/mol. The molecule has 2 aliphatic carbocycles. The normalized spacial score (nSPS) is 30.5. The maximum Gasteiger partial charge on any atom is 0.227 e. The molecule has 2 saturated carbocycles. The topological polar surface area (TPSA) is 78.4 Å². The summed E-state index contributed by atoms with van der Waals surface area (Å²) in [4.78, 5) is 12.7. The molecular formula is C22H25ClN4O2S. The third-order valence-electron chi connectivity index (χ3n) is 7.40. The molecule has 3 heterocycles. The zero-order valence-electron chi connectivity index (χ0n) is 16.7. The molecule has 2 N–H and O–H groups in total. The van der Waals surface area contributed by atoms with Gasteiger partial charge in [-0.05, 0) is 54.7 Å². The summed E-state index contributed by atoms with van der Waals surface area (Å²) >= 11 is 6.03. The Balaban J connectivity index is 1.25. The second-order valence-electron chi connectivity index (χ2n) is 9.17. The average Bonchev–Trinajstić information content (AvgIpc) is 3.04. The Kier molecular flexibility index (Phi) is 4.38. The van der Waals surface area contributed by atoms with Crippen molar-refractivity contribution in [2.75, 3.05) is 35.7 Å². The van der Waals surface area contributed by atoms with Crippen molar-refractivity contribution >= 4 is 34.2 Å². The molecule has 1 aromatic heterocycles. The first-order valence-electron chi connectivity index (χ1n) is 10.8. The van der Waals surface area contributed by atoms with Gasteiger partial charge in [0.2, 0.25) is 5.95 Å². The third-order valence-corrected chi connectivity index (χ3v) is 9.12. The van der Waals surface area contributed by atoms with Gasteiger partial charge in [0.15, 0.2) is 0 Å². The van der Waals surface area contributed by atoms with E-state index >= 15 is 0 Å². The van der Waals surface area contributed by atoms with Crippen molar-refractivity contribution in [3.05, 3.63) is 40.5 Å². The lowest BCUT2D eigenvalue weighted by molar-refractivity contribution is 0.143. The van der Waals surface area contributed by atoms with Crippen LogP contribution in [0.25, 0.3) is 0 Å². The molecule has 1 saturated heterocycles. The third kappa shape index (κ3) is 2.97. The van der Waals surface area contributed by atoms with Crippen LogP contribution < -0.4 is 10.2 Å². The van der Waals surface area contributed by atoms with Crippen LogP contribution in [0.15, 0.2) is 29.2 Å². The first-order chi connectivity index (χ1) is 14.6. The van der Waals surface area contributed by atoms with Gasteiger partial charge < -0.3 is 15.3 Å². The van der Waals surface area contributed by atoms with Crippen LogP contribution in [0.2, 0.25) is 5.02 Å². The molecule has 6 nitrogen and oxygen atoms in total. The molecular weight excluding hydrogens is 420 g/mol. The van der Waals surface area contributed by atoms with Gasteiger partial charge >= 0.3 is 0 Å². The zero-order valence-corrected chi connectivity index (χ0v) is 18.3. The summed E-state index contributed by atoms with van der Waals surface area (Å²) in [6.45, 7) is 1.97. The second kappa shape index (κ2) is 6.90. The molecule has 0 radical (unpaired) electrons. The molecule has 2 aliphatic heterocycles. The lowest BCUT2D eigenvalue weighted by Crippen LogP contribution is -2.48. The standard InChI is InChI=1S/C22H25ClN4O2S/c23-14-4-2-13(3-5-14)18-15-10-27(11-16(15)18)21-24-17-6-9-30(29)19(17)20(25-21)26-22(12-28)7-1-8-22/h2-5,15-16,18,28H,1,6-12H2,(H,24,25,26)/t15?,16?,18?,30-/m0/s1. The van der Waals surface area contributed by atoms with Crippen molar-refractivity contribution in [2.45, 2.75) is 42.0 Å². The number of hydrogen-bond acceptors (Lipinski definition) is 6. The number of aromatic nitrogens is 2. The molecule has 2 aromatic rings. The number of halogens is 1. The van der Waals surface area contributed by atoms with Crippen LogP contribution >= 0.6 is 11.6 Å².